The van der Waals surface area contributed by atoms with E-state index in [1.807, 2.05) is 0 Å². The van der Waals surface area contributed by atoms with Crippen LogP contribution in [-0.2, 0) is 0 Å². The van der Waals surface area contributed by atoms with Gasteiger partial charge in [-0.25, -0.2) is 8.78 Å². The van der Waals surface area contributed by atoms with E-state index in [0.29, 0.717) is 0 Å². The Kier molecular flexibility index (Phi) is 5.65. The number of halogens is 4. The molecule has 3 nitrogen and oxygen atoms in total. The summed E-state index contributed by atoms with van der Waals surface area (Å²) < 4.78 is 25.0. The largest absolute Gasteiger partial charge is 0.506 e. The molecule has 0 aliphatic heterocycles. The first-order valence-electron chi connectivity index (χ1n) is 3.94. The number of aromatic hydroxyl groups is 1. The molecule has 0 heterocycles. The zero-order chi connectivity index (χ0) is 11.6. The van der Waals surface area contributed by atoms with E-state index in [-0.39, 0.29) is 28.0 Å². The first kappa shape index (κ1) is 15.1. The Balaban J connectivity index is 0.00000225. The maximum atomic E-state index is 12.4. The van der Waals surface area contributed by atoms with Gasteiger partial charge in [0.2, 0.25) is 0 Å². The number of nitriles is 1. The SMILES string of the molecule is Cl.N#Cc1ccc(Br)c([C@H](N)C(F)F)c1O. The summed E-state index contributed by atoms with van der Waals surface area (Å²) >= 11 is 3.00. The smallest absolute Gasteiger partial charge is 0.257 e. The lowest BCUT2D eigenvalue weighted by molar-refractivity contribution is 0.115. The highest BCUT2D eigenvalue weighted by molar-refractivity contribution is 9.10. The van der Waals surface area contributed by atoms with Crippen LogP contribution in [0.25, 0.3) is 0 Å². The van der Waals surface area contributed by atoms with Gasteiger partial charge in [-0.15, -0.1) is 12.4 Å². The molecule has 0 fully saturated rings. The Morgan fingerprint density at radius 2 is 2.00 bits per heavy atom. The number of nitrogens with two attached hydrogens (primary N) is 1. The molecule has 0 radical (unpaired) electrons. The minimum Gasteiger partial charge on any atom is -0.506 e. The molecule has 0 saturated carbocycles. The van der Waals surface area contributed by atoms with Crippen molar-refractivity contribution in [1.82, 2.24) is 0 Å². The number of hydrogen-bond donors (Lipinski definition) is 2. The van der Waals surface area contributed by atoms with Gasteiger partial charge in [-0.1, -0.05) is 15.9 Å². The highest BCUT2D eigenvalue weighted by Crippen LogP contribution is 2.35. The Morgan fingerprint density at radius 3 is 2.44 bits per heavy atom. The maximum Gasteiger partial charge on any atom is 0.257 e. The predicted octanol–water partition coefficient (Wildman–Crippen LogP) is 2.71. The van der Waals surface area contributed by atoms with E-state index >= 15 is 0 Å². The van der Waals surface area contributed by atoms with Crippen LogP contribution in [0, 0.1) is 11.3 Å². The third-order valence-electron chi connectivity index (χ3n) is 1.89. The highest BCUT2D eigenvalue weighted by atomic mass is 79.9. The lowest BCUT2D eigenvalue weighted by Gasteiger charge is -2.15. The highest BCUT2D eigenvalue weighted by Gasteiger charge is 2.24. The van der Waals surface area contributed by atoms with Gasteiger partial charge >= 0.3 is 0 Å². The van der Waals surface area contributed by atoms with Crippen molar-refractivity contribution in [3.05, 3.63) is 27.7 Å². The van der Waals surface area contributed by atoms with Crippen molar-refractivity contribution in [2.45, 2.75) is 12.5 Å². The standard InChI is InChI=1S/C9H7BrF2N2O.ClH/c10-5-2-1-4(3-13)8(15)6(5)7(14)9(11)12;/h1-2,7,9,15H,14H2;1H/t7-;/m0./s1. The molecule has 0 unspecified atom stereocenters. The molecular formula is C9H8BrClF2N2O. The predicted molar refractivity (Wildman–Crippen MR) is 60.7 cm³/mol. The van der Waals surface area contributed by atoms with Crippen molar-refractivity contribution < 1.29 is 13.9 Å². The summed E-state index contributed by atoms with van der Waals surface area (Å²) in [6.45, 7) is 0. The summed E-state index contributed by atoms with van der Waals surface area (Å²) in [4.78, 5) is 0. The van der Waals surface area contributed by atoms with Crippen molar-refractivity contribution in [2.75, 3.05) is 0 Å². The Labute approximate surface area is 105 Å². The second-order valence-corrected chi connectivity index (χ2v) is 3.68. The molecule has 0 spiro atoms. The second-order valence-electron chi connectivity index (χ2n) is 2.83. The monoisotopic (exact) mass is 312 g/mol. The summed E-state index contributed by atoms with van der Waals surface area (Å²) in [7, 11) is 0. The zero-order valence-electron chi connectivity index (χ0n) is 7.82. The number of benzene rings is 1. The fraction of sp³-hybridized carbons (Fsp3) is 0.222. The van der Waals surface area contributed by atoms with Gasteiger partial charge in [0, 0.05) is 10.0 Å². The number of phenolic OH excluding ortho intramolecular Hbond substituents is 1. The Morgan fingerprint density at radius 1 is 1.44 bits per heavy atom. The molecule has 1 aromatic rings. The second kappa shape index (κ2) is 5.99. The minimum absolute atomic E-state index is 0. The van der Waals surface area contributed by atoms with E-state index in [9.17, 15) is 13.9 Å². The van der Waals surface area contributed by atoms with Gasteiger partial charge in [-0.3, -0.25) is 0 Å². The van der Waals surface area contributed by atoms with Crippen LogP contribution < -0.4 is 5.73 Å². The molecule has 1 aromatic carbocycles. The average Bonchev–Trinajstić information content (AvgIpc) is 2.17. The van der Waals surface area contributed by atoms with Gasteiger partial charge in [-0.05, 0) is 12.1 Å². The first-order valence-corrected chi connectivity index (χ1v) is 4.73. The van der Waals surface area contributed by atoms with E-state index < -0.39 is 18.2 Å². The van der Waals surface area contributed by atoms with Crippen LogP contribution in [0.1, 0.15) is 17.2 Å². The molecule has 0 aliphatic rings. The van der Waals surface area contributed by atoms with Gasteiger partial charge in [0.15, 0.2) is 0 Å². The zero-order valence-corrected chi connectivity index (χ0v) is 10.2. The number of rotatable bonds is 2. The molecule has 88 valence electrons. The van der Waals surface area contributed by atoms with Gasteiger partial charge in [0.25, 0.3) is 6.43 Å². The molecule has 0 aliphatic carbocycles. The van der Waals surface area contributed by atoms with Crippen LogP contribution in [0.4, 0.5) is 8.78 Å². The third kappa shape index (κ3) is 2.82. The van der Waals surface area contributed by atoms with Gasteiger partial charge in [0.05, 0.1) is 11.6 Å². The van der Waals surface area contributed by atoms with Gasteiger partial charge in [-0.2, -0.15) is 5.26 Å². The summed E-state index contributed by atoms with van der Waals surface area (Å²) in [5.74, 6) is -0.500. The fourth-order valence-corrected chi connectivity index (χ4v) is 1.70. The Hall–Kier alpha value is -0.900. The van der Waals surface area contributed by atoms with Gasteiger partial charge in [0.1, 0.15) is 11.8 Å². The van der Waals surface area contributed by atoms with Crippen molar-refractivity contribution in [1.29, 1.82) is 5.26 Å². The van der Waals surface area contributed by atoms with E-state index in [2.05, 4.69) is 15.9 Å². The topological polar surface area (TPSA) is 70.0 Å². The molecule has 7 heteroatoms. The lowest BCUT2D eigenvalue weighted by atomic mass is 10.0. The van der Waals surface area contributed by atoms with Crippen molar-refractivity contribution in [3.63, 3.8) is 0 Å². The Bertz CT molecular complexity index is 423. The number of nitrogens with zero attached hydrogens (tertiary/aromatic N) is 1. The molecule has 0 amide bonds. The van der Waals surface area contributed by atoms with E-state index in [4.69, 9.17) is 11.0 Å². The molecular weight excluding hydrogens is 305 g/mol. The van der Waals surface area contributed by atoms with Crippen molar-refractivity contribution >= 4 is 28.3 Å². The summed E-state index contributed by atoms with van der Waals surface area (Å²) in [6, 6.07) is 2.79. The number of alkyl halides is 2. The third-order valence-corrected chi connectivity index (χ3v) is 2.58. The van der Waals surface area contributed by atoms with Crippen LogP contribution in [0.2, 0.25) is 0 Å². The van der Waals surface area contributed by atoms with Crippen LogP contribution in [-0.4, -0.2) is 11.5 Å². The quantitative estimate of drug-likeness (QED) is 0.882. The van der Waals surface area contributed by atoms with Gasteiger partial charge < -0.3 is 10.8 Å². The van der Waals surface area contributed by atoms with Crippen LogP contribution in [0.5, 0.6) is 5.75 Å². The average molecular weight is 314 g/mol. The normalized spacial score (nSPS) is 11.8. The molecule has 1 rings (SSSR count). The van der Waals surface area contributed by atoms with E-state index in [0.717, 1.165) is 0 Å². The molecule has 0 aromatic heterocycles. The van der Waals surface area contributed by atoms with E-state index in [1.54, 1.807) is 6.07 Å². The van der Waals surface area contributed by atoms with E-state index in [1.165, 1.54) is 12.1 Å². The van der Waals surface area contributed by atoms with Crippen LogP contribution >= 0.6 is 28.3 Å². The van der Waals surface area contributed by atoms with Crippen LogP contribution in [0.3, 0.4) is 0 Å². The van der Waals surface area contributed by atoms with Crippen molar-refractivity contribution in [3.8, 4) is 11.8 Å². The molecule has 0 saturated heterocycles. The lowest BCUT2D eigenvalue weighted by Crippen LogP contribution is -2.19. The number of phenols is 1. The molecule has 16 heavy (non-hydrogen) atoms. The molecule has 3 N–H and O–H groups in total. The molecule has 0 bridgehead atoms. The summed E-state index contributed by atoms with van der Waals surface area (Å²) in [6.07, 6.45) is -2.80. The maximum absolute atomic E-state index is 12.4. The van der Waals surface area contributed by atoms with Crippen molar-refractivity contribution in [2.24, 2.45) is 5.73 Å². The summed E-state index contributed by atoms with van der Waals surface area (Å²) in [5, 5.41) is 18.1. The fourth-order valence-electron chi connectivity index (χ4n) is 1.12. The summed E-state index contributed by atoms with van der Waals surface area (Å²) in [5.41, 5.74) is 4.99. The first-order chi connectivity index (χ1) is 6.99. The minimum atomic E-state index is -2.80. The van der Waals surface area contributed by atoms with Crippen LogP contribution in [0.15, 0.2) is 16.6 Å². The molecule has 1 atom stereocenters. The number of hydrogen-bond acceptors (Lipinski definition) is 3.